The standard InChI is InChI=1S/C30H25N3O3S/c1-37(35,36)33(26-11-3-2-4-12-26)21-22-15-17-23(18-16-22)30(34)32-31-20-29-27-13-7-5-9-24(27)19-25-10-6-8-14-28(25)29/h2-20H,21H2,1H3,(H,32,34)/b31-20-. The van der Waals surface area contributed by atoms with Crippen LogP contribution >= 0.6 is 0 Å². The summed E-state index contributed by atoms with van der Waals surface area (Å²) < 4.78 is 26.0. The van der Waals surface area contributed by atoms with Gasteiger partial charge in [0.1, 0.15) is 0 Å². The maximum atomic E-state index is 12.7. The van der Waals surface area contributed by atoms with Gasteiger partial charge in [-0.15, -0.1) is 0 Å². The molecule has 184 valence electrons. The summed E-state index contributed by atoms with van der Waals surface area (Å²) in [5.41, 5.74) is 5.32. The number of hydrogen-bond acceptors (Lipinski definition) is 4. The third-order valence-electron chi connectivity index (χ3n) is 6.16. The van der Waals surface area contributed by atoms with E-state index in [2.05, 4.69) is 28.7 Å². The van der Waals surface area contributed by atoms with E-state index in [1.807, 2.05) is 42.5 Å². The number of hydrazone groups is 1. The van der Waals surface area contributed by atoms with Gasteiger partial charge in [0, 0.05) is 11.1 Å². The first-order valence-corrected chi connectivity index (χ1v) is 13.6. The monoisotopic (exact) mass is 507 g/mol. The molecular formula is C30H25N3O3S. The SMILES string of the molecule is CS(=O)(=O)N(Cc1ccc(C(=O)N/N=C\c2c3ccccc3cc3ccccc23)cc1)c1ccccc1. The molecule has 0 atom stereocenters. The van der Waals surface area contributed by atoms with Crippen LogP contribution in [0.2, 0.25) is 0 Å². The number of carbonyl (C=O) groups excluding carboxylic acids is 1. The largest absolute Gasteiger partial charge is 0.271 e. The van der Waals surface area contributed by atoms with Crippen molar-refractivity contribution in [1.82, 2.24) is 5.43 Å². The number of hydrogen-bond donors (Lipinski definition) is 1. The van der Waals surface area contributed by atoms with Gasteiger partial charge in [-0.3, -0.25) is 9.10 Å². The molecule has 0 unspecified atom stereocenters. The van der Waals surface area contributed by atoms with Gasteiger partial charge in [0.2, 0.25) is 10.0 Å². The van der Waals surface area contributed by atoms with Gasteiger partial charge < -0.3 is 0 Å². The van der Waals surface area contributed by atoms with Crippen molar-refractivity contribution in [3.05, 3.63) is 126 Å². The fourth-order valence-corrected chi connectivity index (χ4v) is 5.22. The molecule has 7 heteroatoms. The van der Waals surface area contributed by atoms with E-state index in [0.717, 1.165) is 32.7 Å². The summed E-state index contributed by atoms with van der Waals surface area (Å²) in [5.74, 6) is -0.352. The zero-order valence-electron chi connectivity index (χ0n) is 20.2. The van der Waals surface area contributed by atoms with Gasteiger partial charge in [0.05, 0.1) is 24.7 Å². The topological polar surface area (TPSA) is 78.8 Å². The van der Waals surface area contributed by atoms with Crippen molar-refractivity contribution in [3.8, 4) is 0 Å². The summed E-state index contributed by atoms with van der Waals surface area (Å²) in [5, 5.41) is 8.56. The molecule has 0 fully saturated rings. The van der Waals surface area contributed by atoms with E-state index in [-0.39, 0.29) is 12.5 Å². The van der Waals surface area contributed by atoms with Gasteiger partial charge in [-0.25, -0.2) is 13.8 Å². The number of nitrogens with zero attached hydrogens (tertiary/aromatic N) is 2. The lowest BCUT2D eigenvalue weighted by Gasteiger charge is -2.22. The second-order valence-corrected chi connectivity index (χ2v) is 10.6. The molecule has 5 aromatic carbocycles. The fraction of sp³-hybridized carbons (Fsp3) is 0.0667. The van der Waals surface area contributed by atoms with Crippen LogP contribution in [0, 0.1) is 0 Å². The number of benzene rings is 5. The summed E-state index contributed by atoms with van der Waals surface area (Å²) in [6, 6.07) is 34.1. The Morgan fingerprint density at radius 2 is 1.38 bits per heavy atom. The van der Waals surface area contributed by atoms with E-state index >= 15 is 0 Å². The normalized spacial score (nSPS) is 11.7. The Morgan fingerprint density at radius 3 is 1.97 bits per heavy atom. The highest BCUT2D eigenvalue weighted by Crippen LogP contribution is 2.27. The molecule has 37 heavy (non-hydrogen) atoms. The van der Waals surface area contributed by atoms with Crippen LogP contribution in [-0.4, -0.2) is 26.8 Å². The van der Waals surface area contributed by atoms with Gasteiger partial charge in [-0.2, -0.15) is 5.10 Å². The van der Waals surface area contributed by atoms with Gasteiger partial charge in [0.25, 0.3) is 5.91 Å². The predicted molar refractivity (Wildman–Crippen MR) is 150 cm³/mol. The van der Waals surface area contributed by atoms with Crippen LogP contribution in [0.3, 0.4) is 0 Å². The van der Waals surface area contributed by atoms with Gasteiger partial charge in [-0.05, 0) is 57.4 Å². The molecule has 1 amide bonds. The van der Waals surface area contributed by atoms with Crippen LogP contribution in [0.5, 0.6) is 0 Å². The van der Waals surface area contributed by atoms with Crippen LogP contribution in [0.1, 0.15) is 21.5 Å². The smallest absolute Gasteiger partial charge is 0.267 e. The lowest BCUT2D eigenvalue weighted by Crippen LogP contribution is -2.29. The minimum atomic E-state index is -3.48. The molecule has 0 bridgehead atoms. The number of anilines is 1. The molecule has 0 spiro atoms. The summed E-state index contributed by atoms with van der Waals surface area (Å²) in [4.78, 5) is 12.7. The van der Waals surface area contributed by atoms with E-state index in [0.29, 0.717) is 11.3 Å². The van der Waals surface area contributed by atoms with E-state index in [1.165, 1.54) is 10.6 Å². The van der Waals surface area contributed by atoms with Gasteiger partial charge in [0.15, 0.2) is 0 Å². The van der Waals surface area contributed by atoms with Crippen molar-refractivity contribution in [3.63, 3.8) is 0 Å². The maximum Gasteiger partial charge on any atom is 0.271 e. The molecule has 5 rings (SSSR count). The Labute approximate surface area is 215 Å². The minimum Gasteiger partial charge on any atom is -0.267 e. The van der Waals surface area contributed by atoms with Crippen molar-refractivity contribution in [2.24, 2.45) is 5.10 Å². The summed E-state index contributed by atoms with van der Waals surface area (Å²) in [6.45, 7) is 0.164. The van der Waals surface area contributed by atoms with E-state index < -0.39 is 10.0 Å². The number of nitrogens with one attached hydrogen (secondary N) is 1. The molecule has 6 nitrogen and oxygen atoms in total. The van der Waals surface area contributed by atoms with Crippen molar-refractivity contribution in [1.29, 1.82) is 0 Å². The van der Waals surface area contributed by atoms with Crippen molar-refractivity contribution in [2.45, 2.75) is 6.54 Å². The molecule has 0 aliphatic heterocycles. The van der Waals surface area contributed by atoms with Crippen LogP contribution < -0.4 is 9.73 Å². The number of carbonyl (C=O) groups is 1. The second kappa shape index (κ2) is 10.2. The Balaban J connectivity index is 1.33. The highest BCUT2D eigenvalue weighted by Gasteiger charge is 2.18. The zero-order valence-corrected chi connectivity index (χ0v) is 21.0. The molecule has 0 saturated heterocycles. The lowest BCUT2D eigenvalue weighted by atomic mass is 9.97. The van der Waals surface area contributed by atoms with Crippen molar-refractivity contribution in [2.75, 3.05) is 10.6 Å². The molecule has 0 aliphatic rings. The van der Waals surface area contributed by atoms with Crippen LogP contribution in [-0.2, 0) is 16.6 Å². The zero-order chi connectivity index (χ0) is 25.8. The average Bonchev–Trinajstić information content (AvgIpc) is 2.91. The summed E-state index contributed by atoms with van der Waals surface area (Å²) >= 11 is 0. The van der Waals surface area contributed by atoms with Gasteiger partial charge in [-0.1, -0.05) is 78.9 Å². The molecule has 5 aromatic rings. The number of rotatable bonds is 7. The van der Waals surface area contributed by atoms with Gasteiger partial charge >= 0.3 is 0 Å². The van der Waals surface area contributed by atoms with Crippen molar-refractivity contribution >= 4 is 49.4 Å². The third kappa shape index (κ3) is 5.37. The van der Waals surface area contributed by atoms with Crippen LogP contribution in [0.25, 0.3) is 21.5 Å². The molecule has 0 radical (unpaired) electrons. The summed E-state index contributed by atoms with van der Waals surface area (Å²) in [7, 11) is -3.48. The van der Waals surface area contributed by atoms with Crippen LogP contribution in [0.4, 0.5) is 5.69 Å². The Kier molecular flexibility index (Phi) is 6.70. The number of fused-ring (bicyclic) bond motifs is 2. The van der Waals surface area contributed by atoms with Crippen molar-refractivity contribution < 1.29 is 13.2 Å². The number of sulfonamides is 1. The highest BCUT2D eigenvalue weighted by atomic mass is 32.2. The number of para-hydroxylation sites is 1. The first-order valence-electron chi connectivity index (χ1n) is 11.8. The second-order valence-electron chi connectivity index (χ2n) is 8.73. The van der Waals surface area contributed by atoms with E-state index in [4.69, 9.17) is 0 Å². The fourth-order valence-electron chi connectivity index (χ4n) is 4.33. The summed E-state index contributed by atoms with van der Waals surface area (Å²) in [6.07, 6.45) is 2.86. The quantitative estimate of drug-likeness (QED) is 0.174. The molecular weight excluding hydrogens is 482 g/mol. The Hall–Kier alpha value is -4.49. The molecule has 0 saturated carbocycles. The lowest BCUT2D eigenvalue weighted by molar-refractivity contribution is 0.0955. The third-order valence-corrected chi connectivity index (χ3v) is 7.30. The minimum absolute atomic E-state index is 0.164. The number of amides is 1. The van der Waals surface area contributed by atoms with Crippen LogP contribution in [0.15, 0.2) is 114 Å². The first kappa shape index (κ1) is 24.2. The maximum absolute atomic E-state index is 12.7. The Bertz CT molecular complexity index is 1660. The Morgan fingerprint density at radius 1 is 0.811 bits per heavy atom. The predicted octanol–water partition coefficient (Wildman–Crippen LogP) is 5.72. The highest BCUT2D eigenvalue weighted by molar-refractivity contribution is 7.92. The molecule has 1 N–H and O–H groups in total. The molecule has 0 aromatic heterocycles. The first-order chi connectivity index (χ1) is 17.9. The molecule has 0 heterocycles. The van der Waals surface area contributed by atoms with E-state index in [1.54, 1.807) is 54.7 Å². The van der Waals surface area contributed by atoms with E-state index in [9.17, 15) is 13.2 Å². The molecule has 0 aliphatic carbocycles. The average molecular weight is 508 g/mol.